The molecule has 0 bridgehead atoms. The molecule has 144 valence electrons. The molecule has 0 spiro atoms. The number of ether oxygens (including phenoxy) is 1. The molecule has 3 aromatic rings. The van der Waals surface area contributed by atoms with Gasteiger partial charge in [0.25, 0.3) is 0 Å². The quantitative estimate of drug-likeness (QED) is 0.639. The lowest BCUT2D eigenvalue weighted by Crippen LogP contribution is -2.30. The van der Waals surface area contributed by atoms with Gasteiger partial charge in [-0.05, 0) is 43.5 Å². The number of carbonyl (C=O) groups is 1. The molecule has 1 aliphatic rings. The minimum absolute atomic E-state index is 0.268. The number of para-hydroxylation sites is 2. The average molecular weight is 375 g/mol. The molecule has 0 aliphatic carbocycles. The molecule has 1 atom stereocenters. The predicted octanol–water partition coefficient (Wildman–Crippen LogP) is 4.98. The summed E-state index contributed by atoms with van der Waals surface area (Å²) in [5, 5.41) is 3.43. The molecule has 0 amide bonds. The second kappa shape index (κ2) is 7.50. The fourth-order valence-corrected chi connectivity index (χ4v) is 3.97. The van der Waals surface area contributed by atoms with Gasteiger partial charge in [-0.15, -0.1) is 0 Å². The topological polar surface area (TPSA) is 56.2 Å². The molecule has 0 radical (unpaired) electrons. The number of rotatable bonds is 5. The van der Waals surface area contributed by atoms with E-state index in [0.29, 0.717) is 12.2 Å². The Morgan fingerprint density at radius 1 is 1.14 bits per heavy atom. The molecule has 0 unspecified atom stereocenters. The van der Waals surface area contributed by atoms with Crippen LogP contribution >= 0.6 is 0 Å². The van der Waals surface area contributed by atoms with Gasteiger partial charge < -0.3 is 10.1 Å². The molecule has 2 aromatic carbocycles. The lowest BCUT2D eigenvalue weighted by atomic mass is 9.91. The van der Waals surface area contributed by atoms with Gasteiger partial charge in [-0.1, -0.05) is 49.7 Å². The molecule has 0 saturated heterocycles. The smallest absolute Gasteiger partial charge is 0.338 e. The number of hydrogen-bond donors (Lipinski definition) is 1. The first-order valence-electron chi connectivity index (χ1n) is 9.85. The largest absolute Gasteiger partial charge is 0.463 e. The van der Waals surface area contributed by atoms with Crippen LogP contribution in [0, 0.1) is 6.92 Å². The van der Waals surface area contributed by atoms with Crippen molar-refractivity contribution < 1.29 is 9.53 Å². The Morgan fingerprint density at radius 2 is 1.89 bits per heavy atom. The van der Waals surface area contributed by atoms with Crippen molar-refractivity contribution in [3.63, 3.8) is 0 Å². The summed E-state index contributed by atoms with van der Waals surface area (Å²) in [5.74, 6) is 0.501. The Labute approximate surface area is 165 Å². The molecule has 1 aromatic heterocycles. The number of anilines is 1. The number of aromatic nitrogens is 2. The van der Waals surface area contributed by atoms with Crippen LogP contribution in [0.4, 0.5) is 5.95 Å². The number of fused-ring (bicyclic) bond motifs is 3. The number of carbonyl (C=O) groups excluding carboxylic acids is 1. The summed E-state index contributed by atoms with van der Waals surface area (Å²) in [6.07, 6.45) is 1.69. The minimum atomic E-state index is -0.273. The van der Waals surface area contributed by atoms with E-state index in [1.807, 2.05) is 43.3 Å². The van der Waals surface area contributed by atoms with E-state index in [1.165, 1.54) is 0 Å². The van der Waals surface area contributed by atoms with E-state index in [0.717, 1.165) is 46.6 Å². The van der Waals surface area contributed by atoms with E-state index in [4.69, 9.17) is 9.72 Å². The lowest BCUT2D eigenvalue weighted by molar-refractivity contribution is -0.139. The van der Waals surface area contributed by atoms with Gasteiger partial charge >= 0.3 is 5.97 Å². The van der Waals surface area contributed by atoms with Crippen molar-refractivity contribution in [1.29, 1.82) is 0 Å². The van der Waals surface area contributed by atoms with Gasteiger partial charge in [0.15, 0.2) is 0 Å². The van der Waals surface area contributed by atoms with Crippen molar-refractivity contribution in [3.05, 3.63) is 70.9 Å². The van der Waals surface area contributed by atoms with Crippen molar-refractivity contribution in [2.45, 2.75) is 39.7 Å². The second-order valence-corrected chi connectivity index (χ2v) is 7.04. The number of aryl methyl sites for hydroxylation is 1. The summed E-state index contributed by atoms with van der Waals surface area (Å²) < 4.78 is 7.61. The van der Waals surface area contributed by atoms with Crippen LogP contribution in [0.15, 0.2) is 59.8 Å². The zero-order valence-electron chi connectivity index (χ0n) is 16.5. The third kappa shape index (κ3) is 2.97. The van der Waals surface area contributed by atoms with Crippen LogP contribution in [0.25, 0.3) is 11.0 Å². The van der Waals surface area contributed by atoms with Gasteiger partial charge in [0.05, 0.1) is 29.3 Å². The highest BCUT2D eigenvalue weighted by atomic mass is 16.5. The maximum Gasteiger partial charge on any atom is 0.338 e. The molecule has 5 nitrogen and oxygen atoms in total. The number of nitrogens with one attached hydrogen (secondary N) is 1. The zero-order chi connectivity index (χ0) is 19.7. The van der Waals surface area contributed by atoms with E-state index in [-0.39, 0.29) is 12.0 Å². The highest BCUT2D eigenvalue weighted by Crippen LogP contribution is 2.41. The maximum atomic E-state index is 13.1. The summed E-state index contributed by atoms with van der Waals surface area (Å²) in [6, 6.07) is 16.0. The Balaban J connectivity index is 2.02. The van der Waals surface area contributed by atoms with Crippen LogP contribution < -0.4 is 5.32 Å². The van der Waals surface area contributed by atoms with E-state index >= 15 is 0 Å². The molecular formula is C23H25N3O2. The average Bonchev–Trinajstić information content (AvgIpc) is 3.06. The molecule has 2 heterocycles. The van der Waals surface area contributed by atoms with Crippen LogP contribution in [0.3, 0.4) is 0 Å². The first kappa shape index (κ1) is 18.3. The summed E-state index contributed by atoms with van der Waals surface area (Å²) in [7, 11) is 0. The van der Waals surface area contributed by atoms with Gasteiger partial charge in [-0.3, -0.25) is 4.57 Å². The predicted molar refractivity (Wildman–Crippen MR) is 111 cm³/mol. The molecule has 28 heavy (non-hydrogen) atoms. The SMILES string of the molecule is CCCC1=C(C(=O)OCC)[C@@H](c2ccccc2C)n2c(nc3ccccc32)N1. The Kier molecular flexibility index (Phi) is 4.90. The summed E-state index contributed by atoms with van der Waals surface area (Å²) >= 11 is 0. The van der Waals surface area contributed by atoms with Crippen LogP contribution in [0.2, 0.25) is 0 Å². The molecule has 5 heteroatoms. The standard InChI is InChI=1S/C23H25N3O2/c1-4-10-18-20(22(27)28-5-2)21(16-12-7-6-11-15(16)3)26-19-14-9-8-13-17(19)24-23(26)25-18/h6-9,11-14,21H,4-5,10H2,1-3H3,(H,24,25)/t21-/m1/s1. The monoisotopic (exact) mass is 375 g/mol. The minimum Gasteiger partial charge on any atom is -0.463 e. The van der Waals surface area contributed by atoms with Crippen molar-refractivity contribution in [2.24, 2.45) is 0 Å². The number of hydrogen-bond acceptors (Lipinski definition) is 4. The van der Waals surface area contributed by atoms with Gasteiger partial charge in [-0.2, -0.15) is 0 Å². The Hall–Kier alpha value is -3.08. The first-order valence-corrected chi connectivity index (χ1v) is 9.85. The zero-order valence-corrected chi connectivity index (χ0v) is 16.5. The lowest BCUT2D eigenvalue weighted by Gasteiger charge is -2.32. The Morgan fingerprint density at radius 3 is 2.64 bits per heavy atom. The normalized spacial score (nSPS) is 16.0. The highest BCUT2D eigenvalue weighted by molar-refractivity contribution is 5.94. The molecule has 1 aliphatic heterocycles. The van der Waals surface area contributed by atoms with Crippen molar-refractivity contribution in [1.82, 2.24) is 9.55 Å². The van der Waals surface area contributed by atoms with E-state index < -0.39 is 0 Å². The third-order valence-electron chi connectivity index (χ3n) is 5.19. The molecule has 0 fully saturated rings. The first-order chi connectivity index (χ1) is 13.7. The van der Waals surface area contributed by atoms with E-state index in [9.17, 15) is 4.79 Å². The highest BCUT2D eigenvalue weighted by Gasteiger charge is 2.36. The van der Waals surface area contributed by atoms with Crippen LogP contribution in [-0.4, -0.2) is 22.1 Å². The van der Waals surface area contributed by atoms with Gasteiger partial charge in [0, 0.05) is 5.70 Å². The number of esters is 1. The number of imidazole rings is 1. The number of benzene rings is 2. The van der Waals surface area contributed by atoms with E-state index in [2.05, 4.69) is 35.9 Å². The van der Waals surface area contributed by atoms with Crippen LogP contribution in [-0.2, 0) is 9.53 Å². The third-order valence-corrected chi connectivity index (χ3v) is 5.19. The Bertz CT molecular complexity index is 1060. The molecular weight excluding hydrogens is 350 g/mol. The fourth-order valence-electron chi connectivity index (χ4n) is 3.97. The van der Waals surface area contributed by atoms with E-state index in [1.54, 1.807) is 0 Å². The van der Waals surface area contributed by atoms with Crippen LogP contribution in [0.1, 0.15) is 43.9 Å². The van der Waals surface area contributed by atoms with Crippen molar-refractivity contribution >= 4 is 23.0 Å². The summed E-state index contributed by atoms with van der Waals surface area (Å²) in [4.78, 5) is 17.9. The number of nitrogens with zero attached hydrogens (tertiary/aromatic N) is 2. The van der Waals surface area contributed by atoms with Gasteiger partial charge in [-0.25, -0.2) is 9.78 Å². The maximum absolute atomic E-state index is 13.1. The van der Waals surface area contributed by atoms with Gasteiger partial charge in [0.2, 0.25) is 5.95 Å². The molecule has 4 rings (SSSR count). The fraction of sp³-hybridized carbons (Fsp3) is 0.304. The molecule has 0 saturated carbocycles. The van der Waals surface area contributed by atoms with Gasteiger partial charge in [0.1, 0.15) is 0 Å². The summed E-state index contributed by atoms with van der Waals surface area (Å²) in [6.45, 7) is 6.38. The number of allylic oxidation sites excluding steroid dienone is 1. The molecule has 1 N–H and O–H groups in total. The summed E-state index contributed by atoms with van der Waals surface area (Å²) in [5.41, 5.74) is 5.70. The van der Waals surface area contributed by atoms with Crippen LogP contribution in [0.5, 0.6) is 0 Å². The van der Waals surface area contributed by atoms with Crippen molar-refractivity contribution in [2.75, 3.05) is 11.9 Å². The second-order valence-electron chi connectivity index (χ2n) is 7.04. The van der Waals surface area contributed by atoms with Crippen molar-refractivity contribution in [3.8, 4) is 0 Å².